The van der Waals surface area contributed by atoms with E-state index in [1.165, 1.54) is 0 Å². The summed E-state index contributed by atoms with van der Waals surface area (Å²) >= 11 is 6.16. The third kappa shape index (κ3) is 3.07. The Morgan fingerprint density at radius 3 is 2.63 bits per heavy atom. The Kier molecular flexibility index (Phi) is 4.09. The van der Waals surface area contributed by atoms with E-state index in [9.17, 15) is 5.26 Å². The molecule has 0 amide bonds. The van der Waals surface area contributed by atoms with Gasteiger partial charge in [0.2, 0.25) is 0 Å². The van der Waals surface area contributed by atoms with Crippen LogP contribution < -0.4 is 4.90 Å². The third-order valence-electron chi connectivity index (χ3n) is 3.05. The minimum atomic E-state index is 0.678. The van der Waals surface area contributed by atoms with E-state index in [2.05, 4.69) is 6.07 Å². The van der Waals surface area contributed by atoms with Crippen molar-refractivity contribution in [2.45, 2.75) is 13.5 Å². The van der Waals surface area contributed by atoms with Crippen molar-refractivity contribution in [1.29, 1.82) is 5.26 Å². The summed E-state index contributed by atoms with van der Waals surface area (Å²) in [6.07, 6.45) is 0. The number of hydrogen-bond donors (Lipinski definition) is 0. The summed E-state index contributed by atoms with van der Waals surface area (Å²) in [6, 6.07) is 15.9. The van der Waals surface area contributed by atoms with Crippen LogP contribution in [0.15, 0.2) is 42.5 Å². The Labute approximate surface area is 118 Å². The Hall–Kier alpha value is -1.98. The van der Waals surface area contributed by atoms with Gasteiger partial charge in [0.05, 0.1) is 11.3 Å². The summed E-state index contributed by atoms with van der Waals surface area (Å²) in [5.74, 6) is 0. The average molecular weight is 271 g/mol. The second kappa shape index (κ2) is 5.77. The average Bonchev–Trinajstić information content (AvgIpc) is 2.41. The molecule has 0 aliphatic heterocycles. The first-order chi connectivity index (χ1) is 9.11. The van der Waals surface area contributed by atoms with Gasteiger partial charge in [-0.15, -0.1) is 0 Å². The van der Waals surface area contributed by atoms with E-state index in [-0.39, 0.29) is 0 Å². The van der Waals surface area contributed by atoms with Gasteiger partial charge in [0, 0.05) is 18.6 Å². The van der Waals surface area contributed by atoms with Gasteiger partial charge < -0.3 is 4.90 Å². The van der Waals surface area contributed by atoms with Gasteiger partial charge in [-0.1, -0.05) is 35.9 Å². The van der Waals surface area contributed by atoms with Gasteiger partial charge in [0.15, 0.2) is 0 Å². The molecule has 0 N–H and O–H groups in total. The Morgan fingerprint density at radius 2 is 1.95 bits per heavy atom. The van der Waals surface area contributed by atoms with Crippen LogP contribution >= 0.6 is 11.6 Å². The monoisotopic (exact) mass is 270 g/mol. The summed E-state index contributed by atoms with van der Waals surface area (Å²) in [5, 5.41) is 9.96. The molecule has 96 valence electrons. The third-order valence-corrected chi connectivity index (χ3v) is 3.42. The zero-order chi connectivity index (χ0) is 13.8. The first-order valence-corrected chi connectivity index (χ1v) is 6.45. The largest absolute Gasteiger partial charge is 0.369 e. The van der Waals surface area contributed by atoms with Crippen LogP contribution in [0.1, 0.15) is 16.7 Å². The van der Waals surface area contributed by atoms with Crippen LogP contribution in [-0.4, -0.2) is 7.05 Å². The van der Waals surface area contributed by atoms with Gasteiger partial charge in [-0.05, 0) is 36.2 Å². The normalized spacial score (nSPS) is 10.0. The molecule has 0 aromatic heterocycles. The van der Waals surface area contributed by atoms with Gasteiger partial charge in [-0.2, -0.15) is 5.26 Å². The molecule has 0 atom stereocenters. The smallest absolute Gasteiger partial charge is 0.101 e. The molecule has 3 heteroatoms. The van der Waals surface area contributed by atoms with Crippen molar-refractivity contribution in [3.8, 4) is 6.07 Å². The van der Waals surface area contributed by atoms with Crippen LogP contribution in [0.4, 0.5) is 5.69 Å². The van der Waals surface area contributed by atoms with Crippen molar-refractivity contribution >= 4 is 17.3 Å². The maximum Gasteiger partial charge on any atom is 0.101 e. The molecule has 0 saturated heterocycles. The van der Waals surface area contributed by atoms with Gasteiger partial charge in [-0.25, -0.2) is 0 Å². The molecule has 2 nitrogen and oxygen atoms in total. The van der Waals surface area contributed by atoms with Crippen molar-refractivity contribution < 1.29 is 0 Å². The zero-order valence-electron chi connectivity index (χ0n) is 11.0. The van der Waals surface area contributed by atoms with Gasteiger partial charge in [-0.3, -0.25) is 0 Å². The molecule has 0 saturated carbocycles. The Bertz CT molecular complexity index is 629. The summed E-state index contributed by atoms with van der Waals surface area (Å²) < 4.78 is 0. The molecule has 0 radical (unpaired) electrons. The molecule has 19 heavy (non-hydrogen) atoms. The quantitative estimate of drug-likeness (QED) is 0.837. The fraction of sp³-hybridized carbons (Fsp3) is 0.188. The summed E-state index contributed by atoms with van der Waals surface area (Å²) in [7, 11) is 1.97. The molecule has 0 heterocycles. The molecule has 2 rings (SSSR count). The minimum Gasteiger partial charge on any atom is -0.369 e. The SMILES string of the molecule is Cc1ccc(N(C)Cc2ccccc2Cl)c(C#N)c1. The fourth-order valence-electron chi connectivity index (χ4n) is 2.04. The lowest BCUT2D eigenvalue weighted by Gasteiger charge is -2.21. The molecular weight excluding hydrogens is 256 g/mol. The topological polar surface area (TPSA) is 27.0 Å². The molecule has 0 aliphatic rings. The van der Waals surface area contributed by atoms with E-state index in [0.717, 1.165) is 21.8 Å². The maximum atomic E-state index is 9.21. The number of halogens is 1. The van der Waals surface area contributed by atoms with E-state index in [1.807, 2.05) is 61.3 Å². The van der Waals surface area contributed by atoms with E-state index in [0.29, 0.717) is 12.1 Å². The van der Waals surface area contributed by atoms with Gasteiger partial charge >= 0.3 is 0 Å². The van der Waals surface area contributed by atoms with Gasteiger partial charge in [0.1, 0.15) is 6.07 Å². The number of anilines is 1. The summed E-state index contributed by atoms with van der Waals surface area (Å²) in [5.41, 5.74) is 3.75. The Morgan fingerprint density at radius 1 is 1.21 bits per heavy atom. The van der Waals surface area contributed by atoms with Crippen LogP contribution in [0.25, 0.3) is 0 Å². The standard InChI is InChI=1S/C16H15ClN2/c1-12-7-8-16(14(9-12)10-18)19(2)11-13-5-3-4-6-15(13)17/h3-9H,11H2,1-2H3. The van der Waals surface area contributed by atoms with E-state index >= 15 is 0 Å². The lowest BCUT2D eigenvalue weighted by Crippen LogP contribution is -2.17. The lowest BCUT2D eigenvalue weighted by molar-refractivity contribution is 0.920. The highest BCUT2D eigenvalue weighted by atomic mass is 35.5. The molecule has 0 bridgehead atoms. The number of rotatable bonds is 3. The highest BCUT2D eigenvalue weighted by Crippen LogP contribution is 2.24. The van der Waals surface area contributed by atoms with Crippen molar-refractivity contribution in [2.75, 3.05) is 11.9 Å². The summed E-state index contributed by atoms with van der Waals surface area (Å²) in [6.45, 7) is 2.66. The van der Waals surface area contributed by atoms with Crippen molar-refractivity contribution in [2.24, 2.45) is 0 Å². The Balaban J connectivity index is 2.28. The number of nitriles is 1. The molecule has 2 aromatic carbocycles. The predicted molar refractivity (Wildman–Crippen MR) is 79.5 cm³/mol. The predicted octanol–water partition coefficient (Wildman–Crippen LogP) is 4.16. The van der Waals surface area contributed by atoms with Crippen LogP contribution in [0.2, 0.25) is 5.02 Å². The molecule has 2 aromatic rings. The molecule has 0 unspecified atom stereocenters. The van der Waals surface area contributed by atoms with E-state index in [1.54, 1.807) is 0 Å². The van der Waals surface area contributed by atoms with Crippen molar-refractivity contribution in [3.05, 3.63) is 64.2 Å². The van der Waals surface area contributed by atoms with Crippen LogP contribution in [-0.2, 0) is 6.54 Å². The molecule has 0 spiro atoms. The number of hydrogen-bond acceptors (Lipinski definition) is 2. The van der Waals surface area contributed by atoms with E-state index < -0.39 is 0 Å². The molecular formula is C16H15ClN2. The lowest BCUT2D eigenvalue weighted by atomic mass is 10.1. The van der Waals surface area contributed by atoms with Crippen LogP contribution in [0, 0.1) is 18.3 Å². The summed E-state index contributed by atoms with van der Waals surface area (Å²) in [4.78, 5) is 2.04. The zero-order valence-corrected chi connectivity index (χ0v) is 11.8. The molecule has 0 aliphatic carbocycles. The highest BCUT2D eigenvalue weighted by Gasteiger charge is 2.09. The second-order valence-electron chi connectivity index (χ2n) is 4.58. The van der Waals surface area contributed by atoms with Crippen LogP contribution in [0.5, 0.6) is 0 Å². The fourth-order valence-corrected chi connectivity index (χ4v) is 2.24. The maximum absolute atomic E-state index is 9.21. The van der Waals surface area contributed by atoms with E-state index in [4.69, 9.17) is 11.6 Å². The van der Waals surface area contributed by atoms with Crippen molar-refractivity contribution in [1.82, 2.24) is 0 Å². The van der Waals surface area contributed by atoms with Crippen LogP contribution in [0.3, 0.4) is 0 Å². The first-order valence-electron chi connectivity index (χ1n) is 6.07. The number of nitrogens with zero attached hydrogens (tertiary/aromatic N) is 2. The number of benzene rings is 2. The van der Waals surface area contributed by atoms with Crippen molar-refractivity contribution in [3.63, 3.8) is 0 Å². The minimum absolute atomic E-state index is 0.678. The number of aryl methyl sites for hydroxylation is 1. The molecule has 0 fully saturated rings. The first kappa shape index (κ1) is 13.5. The van der Waals surface area contributed by atoms with Gasteiger partial charge in [0.25, 0.3) is 0 Å². The highest BCUT2D eigenvalue weighted by molar-refractivity contribution is 6.31. The second-order valence-corrected chi connectivity index (χ2v) is 4.99.